The molecule has 0 amide bonds. The van der Waals surface area contributed by atoms with Crippen molar-refractivity contribution < 1.29 is 10.2 Å². The van der Waals surface area contributed by atoms with Crippen LogP contribution < -0.4 is 0 Å². The highest BCUT2D eigenvalue weighted by Crippen LogP contribution is 2.72. The van der Waals surface area contributed by atoms with Crippen LogP contribution in [0.1, 0.15) is 154 Å². The summed E-state index contributed by atoms with van der Waals surface area (Å²) in [5.74, 6) is 8.36. The number of rotatable bonds is 4. The molecule has 0 radical (unpaired) electrons. The van der Waals surface area contributed by atoms with E-state index in [1.165, 1.54) is 141 Å². The van der Waals surface area contributed by atoms with Crippen LogP contribution in [0.3, 0.4) is 0 Å². The molecule has 0 aromatic rings. The number of fused-ring (bicyclic) bond motifs is 3. The second-order valence-corrected chi connectivity index (χ2v) is 16.4. The second kappa shape index (κ2) is 11.9. The number of hydrogen-bond acceptors (Lipinski definition) is 2. The van der Waals surface area contributed by atoms with Gasteiger partial charge in [-0.2, -0.15) is 0 Å². The molecule has 7 saturated carbocycles. The summed E-state index contributed by atoms with van der Waals surface area (Å²) in [5.41, 5.74) is 0.524. The van der Waals surface area contributed by atoms with Crippen LogP contribution in [0.2, 0.25) is 0 Å². The van der Waals surface area contributed by atoms with Gasteiger partial charge in [-0.25, -0.2) is 0 Å². The Hall–Kier alpha value is -0.0800. The van der Waals surface area contributed by atoms with Crippen LogP contribution in [0.25, 0.3) is 0 Å². The molecular weight excluding hydrogens is 476 g/mol. The van der Waals surface area contributed by atoms with Gasteiger partial charge in [0.05, 0.1) is 12.2 Å². The third-order valence-electron chi connectivity index (χ3n) is 15.1. The SMILES string of the molecule is OC1CCC(C2(C3CCC(O)C(C4CCCCC4)C3)C3CCCCC3C3CCCCC32)CC1C1CCCCC1. The average molecular weight is 539 g/mol. The Morgan fingerprint density at radius 3 is 1.18 bits per heavy atom. The van der Waals surface area contributed by atoms with Crippen LogP contribution in [0.15, 0.2) is 0 Å². The first-order valence-electron chi connectivity index (χ1n) is 18.5. The van der Waals surface area contributed by atoms with Crippen LogP contribution >= 0.6 is 0 Å². The molecule has 0 spiro atoms. The van der Waals surface area contributed by atoms with Crippen molar-refractivity contribution in [1.29, 1.82) is 0 Å². The normalized spacial score (nSPS) is 50.3. The van der Waals surface area contributed by atoms with Gasteiger partial charge in [0.25, 0.3) is 0 Å². The zero-order valence-corrected chi connectivity index (χ0v) is 25.3. The van der Waals surface area contributed by atoms with Crippen molar-refractivity contribution in [3.05, 3.63) is 0 Å². The van der Waals surface area contributed by atoms with Crippen LogP contribution in [0, 0.1) is 64.6 Å². The van der Waals surface area contributed by atoms with E-state index in [1.54, 1.807) is 0 Å². The van der Waals surface area contributed by atoms with E-state index in [2.05, 4.69) is 0 Å². The lowest BCUT2D eigenvalue weighted by atomic mass is 9.46. The zero-order chi connectivity index (χ0) is 26.4. The van der Waals surface area contributed by atoms with Gasteiger partial charge in [0.1, 0.15) is 0 Å². The van der Waals surface area contributed by atoms with E-state index in [0.717, 1.165) is 60.2 Å². The smallest absolute Gasteiger partial charge is 0.0571 e. The maximum atomic E-state index is 11.5. The summed E-state index contributed by atoms with van der Waals surface area (Å²) in [7, 11) is 0. The minimum atomic E-state index is -0.0322. The van der Waals surface area contributed by atoms with Gasteiger partial charge in [-0.05, 0) is 129 Å². The Bertz CT molecular complexity index is 729. The highest BCUT2D eigenvalue weighted by Gasteiger charge is 2.66. The van der Waals surface area contributed by atoms with Crippen molar-refractivity contribution in [2.75, 3.05) is 0 Å². The first-order chi connectivity index (χ1) is 19.2. The lowest BCUT2D eigenvalue weighted by molar-refractivity contribution is -0.126. The van der Waals surface area contributed by atoms with Gasteiger partial charge in [-0.3, -0.25) is 0 Å². The Labute approximate surface area is 240 Å². The van der Waals surface area contributed by atoms with Gasteiger partial charge in [-0.15, -0.1) is 0 Å². The Morgan fingerprint density at radius 1 is 0.359 bits per heavy atom. The molecule has 0 aromatic carbocycles. The first-order valence-corrected chi connectivity index (χ1v) is 18.5. The van der Waals surface area contributed by atoms with E-state index in [-0.39, 0.29) is 12.2 Å². The van der Waals surface area contributed by atoms with E-state index in [0.29, 0.717) is 17.3 Å². The minimum Gasteiger partial charge on any atom is -0.393 e. The van der Waals surface area contributed by atoms with Gasteiger partial charge in [0.2, 0.25) is 0 Å². The Morgan fingerprint density at radius 2 is 0.744 bits per heavy atom. The highest BCUT2D eigenvalue weighted by molar-refractivity contribution is 5.14. The molecule has 2 nitrogen and oxygen atoms in total. The van der Waals surface area contributed by atoms with E-state index < -0.39 is 0 Å². The lowest BCUT2D eigenvalue weighted by Crippen LogP contribution is -2.54. The van der Waals surface area contributed by atoms with E-state index in [9.17, 15) is 10.2 Å². The summed E-state index contributed by atoms with van der Waals surface area (Å²) < 4.78 is 0. The summed E-state index contributed by atoms with van der Waals surface area (Å²) in [4.78, 5) is 0. The van der Waals surface area contributed by atoms with Gasteiger partial charge in [0, 0.05) is 0 Å². The topological polar surface area (TPSA) is 40.5 Å². The van der Waals surface area contributed by atoms with Crippen molar-refractivity contribution in [2.45, 2.75) is 166 Å². The number of aliphatic hydroxyl groups excluding tert-OH is 2. The molecule has 0 aromatic heterocycles. The molecule has 0 bridgehead atoms. The summed E-state index contributed by atoms with van der Waals surface area (Å²) in [6, 6.07) is 0. The van der Waals surface area contributed by atoms with Crippen LogP contribution in [0.4, 0.5) is 0 Å². The second-order valence-electron chi connectivity index (χ2n) is 16.4. The molecule has 7 aliphatic carbocycles. The quantitative estimate of drug-likeness (QED) is 0.374. The molecular formula is C37H62O2. The molecule has 2 heteroatoms. The maximum absolute atomic E-state index is 11.5. The number of aliphatic hydroxyl groups is 2. The molecule has 222 valence electrons. The van der Waals surface area contributed by atoms with Gasteiger partial charge in [0.15, 0.2) is 0 Å². The number of hydrogen-bond donors (Lipinski definition) is 2. The minimum absolute atomic E-state index is 0.0322. The molecule has 7 aliphatic rings. The highest BCUT2D eigenvalue weighted by atomic mass is 16.3. The van der Waals surface area contributed by atoms with Gasteiger partial charge >= 0.3 is 0 Å². The molecule has 2 N–H and O–H groups in total. The van der Waals surface area contributed by atoms with Crippen molar-refractivity contribution in [1.82, 2.24) is 0 Å². The Balaban J connectivity index is 1.26. The van der Waals surface area contributed by atoms with Crippen molar-refractivity contribution in [3.63, 3.8) is 0 Å². The van der Waals surface area contributed by atoms with E-state index in [1.807, 2.05) is 0 Å². The molecule has 10 atom stereocenters. The van der Waals surface area contributed by atoms with Crippen molar-refractivity contribution >= 4 is 0 Å². The van der Waals surface area contributed by atoms with Gasteiger partial charge < -0.3 is 10.2 Å². The van der Waals surface area contributed by atoms with E-state index in [4.69, 9.17) is 0 Å². The monoisotopic (exact) mass is 538 g/mol. The lowest BCUT2D eigenvalue weighted by Gasteiger charge is -2.59. The summed E-state index contributed by atoms with van der Waals surface area (Å²) >= 11 is 0. The molecule has 0 aliphatic heterocycles. The average Bonchev–Trinajstić information content (AvgIpc) is 3.30. The molecule has 0 heterocycles. The van der Waals surface area contributed by atoms with Crippen molar-refractivity contribution in [2.24, 2.45) is 64.6 Å². The molecule has 0 saturated heterocycles. The molecule has 39 heavy (non-hydrogen) atoms. The third kappa shape index (κ3) is 4.90. The third-order valence-corrected chi connectivity index (χ3v) is 15.1. The summed E-state index contributed by atoms with van der Waals surface area (Å²) in [5, 5.41) is 22.9. The fourth-order valence-electron chi connectivity index (χ4n) is 13.8. The fourth-order valence-corrected chi connectivity index (χ4v) is 13.8. The van der Waals surface area contributed by atoms with Gasteiger partial charge in [-0.1, -0.05) is 89.9 Å². The largest absolute Gasteiger partial charge is 0.393 e. The van der Waals surface area contributed by atoms with Crippen LogP contribution in [-0.4, -0.2) is 22.4 Å². The molecule has 7 rings (SSSR count). The summed E-state index contributed by atoms with van der Waals surface area (Å²) in [6.45, 7) is 0. The molecule has 7 fully saturated rings. The predicted molar refractivity (Wildman–Crippen MR) is 160 cm³/mol. The predicted octanol–water partition coefficient (Wildman–Crippen LogP) is 9.31. The first kappa shape index (κ1) is 27.7. The van der Waals surface area contributed by atoms with E-state index >= 15 is 0 Å². The van der Waals surface area contributed by atoms with Crippen LogP contribution in [0.5, 0.6) is 0 Å². The molecule has 10 unspecified atom stereocenters. The maximum Gasteiger partial charge on any atom is 0.0571 e. The van der Waals surface area contributed by atoms with Crippen molar-refractivity contribution in [3.8, 4) is 0 Å². The standard InChI is InChI=1S/C37H62O2/c38-35-21-19-27(23-31(35)25-11-3-1-4-12-25)37(28-20-22-36(39)32(24-28)26-13-5-2-6-14-26)33-17-9-7-15-29(33)30-16-8-10-18-34(30)37/h25-36,38-39H,1-24H2. The fraction of sp³-hybridized carbons (Fsp3) is 1.00. The van der Waals surface area contributed by atoms with Crippen LogP contribution in [-0.2, 0) is 0 Å². The summed E-state index contributed by atoms with van der Waals surface area (Å²) in [6.07, 6.45) is 33.5. The zero-order valence-electron chi connectivity index (χ0n) is 25.3. The Kier molecular flexibility index (Phi) is 8.46.